The number of fused-ring (bicyclic) bond motifs is 2. The molecule has 240 valence electrons. The number of pyridine rings is 1. The molecule has 0 saturated carbocycles. The average molecular weight is 642 g/mol. The first kappa shape index (κ1) is 33.9. The van der Waals surface area contributed by atoms with Crippen molar-refractivity contribution in [3.05, 3.63) is 77.8 Å². The van der Waals surface area contributed by atoms with Crippen LogP contribution in [0.5, 0.6) is 11.5 Å². The standard InChI is InChI=1S/C17H19N5O2.C16H15ClN2O.C2H6/c1-4-11-22(2)15-10-9-14(19-20-15)17-18-16(21-24-17)12-5-7-13(23-3)8-6-12;1-3-18-16-12-6-4-10(17)8-15(12)19-14-7-5-11(20-2)9-13(14)16;1-2/h5-10H,4,11H2,1-3H3;4-9H,3H2,1-2H3,(H,18,19);1-2H3. The predicted octanol–water partition coefficient (Wildman–Crippen LogP) is 8.56. The molecule has 0 atom stereocenters. The molecule has 6 rings (SSSR count). The number of halogens is 1. The molecule has 11 heteroatoms. The van der Waals surface area contributed by atoms with E-state index in [0.717, 1.165) is 69.9 Å². The van der Waals surface area contributed by atoms with Gasteiger partial charge in [0.15, 0.2) is 11.5 Å². The van der Waals surface area contributed by atoms with Crippen molar-refractivity contribution in [3.8, 4) is 34.5 Å². The van der Waals surface area contributed by atoms with Crippen LogP contribution < -0.4 is 19.7 Å². The molecule has 3 heterocycles. The van der Waals surface area contributed by atoms with Crippen molar-refractivity contribution in [2.45, 2.75) is 34.1 Å². The molecule has 0 saturated heterocycles. The molecule has 0 radical (unpaired) electrons. The van der Waals surface area contributed by atoms with E-state index in [1.165, 1.54) is 0 Å². The van der Waals surface area contributed by atoms with Gasteiger partial charge in [0.1, 0.15) is 11.5 Å². The van der Waals surface area contributed by atoms with Gasteiger partial charge >= 0.3 is 0 Å². The number of rotatable bonds is 9. The Balaban J connectivity index is 0.000000201. The normalized spacial score (nSPS) is 10.4. The van der Waals surface area contributed by atoms with Gasteiger partial charge in [0.05, 0.1) is 30.9 Å². The first-order valence-corrected chi connectivity index (χ1v) is 15.7. The predicted molar refractivity (Wildman–Crippen MR) is 187 cm³/mol. The second-order valence-electron chi connectivity index (χ2n) is 9.91. The summed E-state index contributed by atoms with van der Waals surface area (Å²) in [6.07, 6.45) is 1.05. The zero-order chi connectivity index (χ0) is 33.1. The van der Waals surface area contributed by atoms with Crippen LogP contribution in [0.4, 0.5) is 11.5 Å². The number of nitrogens with one attached hydrogen (secondary N) is 1. The Labute approximate surface area is 274 Å². The van der Waals surface area contributed by atoms with Crippen molar-refractivity contribution in [1.82, 2.24) is 25.3 Å². The van der Waals surface area contributed by atoms with Crippen molar-refractivity contribution >= 4 is 44.9 Å². The Hall–Kier alpha value is -4.96. The lowest BCUT2D eigenvalue weighted by Crippen LogP contribution is -2.19. The number of hydrogen-bond acceptors (Lipinski definition) is 10. The number of aromatic nitrogens is 5. The Morgan fingerprint density at radius 2 is 1.54 bits per heavy atom. The number of anilines is 2. The zero-order valence-electron chi connectivity index (χ0n) is 27.3. The molecular weight excluding hydrogens is 602 g/mol. The lowest BCUT2D eigenvalue weighted by atomic mass is 10.1. The number of nitrogens with zero attached hydrogens (tertiary/aromatic N) is 6. The molecule has 0 aliphatic carbocycles. The van der Waals surface area contributed by atoms with Crippen LogP contribution in [0, 0.1) is 0 Å². The van der Waals surface area contributed by atoms with E-state index in [1.807, 2.05) is 98.6 Å². The summed E-state index contributed by atoms with van der Waals surface area (Å²) in [5.74, 6) is 3.27. The molecule has 10 nitrogen and oxygen atoms in total. The molecule has 0 aliphatic rings. The van der Waals surface area contributed by atoms with E-state index in [4.69, 9.17) is 25.6 Å². The monoisotopic (exact) mass is 641 g/mol. The van der Waals surface area contributed by atoms with Gasteiger partial charge in [-0.2, -0.15) is 4.98 Å². The van der Waals surface area contributed by atoms with Crippen LogP contribution in [0.2, 0.25) is 5.02 Å². The third-order valence-electron chi connectivity index (χ3n) is 6.89. The van der Waals surface area contributed by atoms with Crippen LogP contribution in [0.3, 0.4) is 0 Å². The van der Waals surface area contributed by atoms with Crippen LogP contribution in [0.15, 0.2) is 77.3 Å². The number of benzene rings is 3. The quantitative estimate of drug-likeness (QED) is 0.154. The van der Waals surface area contributed by atoms with Crippen LogP contribution in [-0.2, 0) is 0 Å². The van der Waals surface area contributed by atoms with Crippen molar-refractivity contribution < 1.29 is 14.0 Å². The lowest BCUT2D eigenvalue weighted by Gasteiger charge is -2.15. The third kappa shape index (κ3) is 8.00. The first-order valence-electron chi connectivity index (χ1n) is 15.3. The van der Waals surface area contributed by atoms with Gasteiger partial charge in [0.2, 0.25) is 5.82 Å². The lowest BCUT2D eigenvalue weighted by molar-refractivity contribution is 0.414. The highest BCUT2D eigenvalue weighted by atomic mass is 35.5. The van der Waals surface area contributed by atoms with E-state index in [9.17, 15) is 0 Å². The van der Waals surface area contributed by atoms with Crippen LogP contribution in [0.25, 0.3) is 44.8 Å². The van der Waals surface area contributed by atoms with E-state index in [0.29, 0.717) is 22.4 Å². The summed E-state index contributed by atoms with van der Waals surface area (Å²) in [5, 5.41) is 18.6. The minimum Gasteiger partial charge on any atom is -0.497 e. The molecule has 0 unspecified atom stereocenters. The summed E-state index contributed by atoms with van der Waals surface area (Å²) in [7, 11) is 5.28. The minimum atomic E-state index is 0.345. The fourth-order valence-corrected chi connectivity index (χ4v) is 4.83. The molecule has 3 aromatic carbocycles. The van der Waals surface area contributed by atoms with E-state index >= 15 is 0 Å². The highest BCUT2D eigenvalue weighted by Gasteiger charge is 2.14. The summed E-state index contributed by atoms with van der Waals surface area (Å²) in [5.41, 5.74) is 4.29. The molecule has 0 amide bonds. The molecule has 0 spiro atoms. The maximum absolute atomic E-state index is 6.07. The fraction of sp³-hybridized carbons (Fsp3) is 0.286. The van der Waals surface area contributed by atoms with Gasteiger partial charge in [-0.05, 0) is 86.1 Å². The Kier molecular flexibility index (Phi) is 12.1. The van der Waals surface area contributed by atoms with Gasteiger partial charge in [-0.25, -0.2) is 4.98 Å². The summed E-state index contributed by atoms with van der Waals surface area (Å²) >= 11 is 6.07. The second-order valence-corrected chi connectivity index (χ2v) is 10.3. The maximum Gasteiger partial charge on any atom is 0.278 e. The van der Waals surface area contributed by atoms with Gasteiger partial charge in [0.25, 0.3) is 5.89 Å². The topological polar surface area (TPSA) is 111 Å². The Morgan fingerprint density at radius 3 is 2.20 bits per heavy atom. The molecule has 46 heavy (non-hydrogen) atoms. The number of methoxy groups -OCH3 is 2. The summed E-state index contributed by atoms with van der Waals surface area (Å²) in [6, 6.07) is 22.9. The number of hydrogen-bond donors (Lipinski definition) is 1. The highest BCUT2D eigenvalue weighted by molar-refractivity contribution is 6.31. The van der Waals surface area contributed by atoms with Crippen LogP contribution in [-0.4, -0.2) is 59.7 Å². The third-order valence-corrected chi connectivity index (χ3v) is 7.13. The highest BCUT2D eigenvalue weighted by Crippen LogP contribution is 2.34. The Morgan fingerprint density at radius 1 is 0.804 bits per heavy atom. The second kappa shape index (κ2) is 16.4. The van der Waals surface area contributed by atoms with Crippen LogP contribution in [0.1, 0.15) is 34.1 Å². The van der Waals surface area contributed by atoms with Gasteiger partial charge < -0.3 is 24.2 Å². The summed E-state index contributed by atoms with van der Waals surface area (Å²) in [4.78, 5) is 11.1. The van der Waals surface area contributed by atoms with Gasteiger partial charge in [-0.3, -0.25) is 0 Å². The largest absolute Gasteiger partial charge is 0.497 e. The summed E-state index contributed by atoms with van der Waals surface area (Å²) in [6.45, 7) is 9.97. The van der Waals surface area contributed by atoms with Crippen molar-refractivity contribution in [3.63, 3.8) is 0 Å². The van der Waals surface area contributed by atoms with Crippen molar-refractivity contribution in [1.29, 1.82) is 0 Å². The molecule has 6 aromatic rings. The Bertz CT molecular complexity index is 1840. The minimum absolute atomic E-state index is 0.345. The van der Waals surface area contributed by atoms with Gasteiger partial charge in [-0.15, -0.1) is 10.2 Å². The molecule has 0 aliphatic heterocycles. The SMILES string of the molecule is CC.CCCN(C)c1ccc(-c2nc(-c3ccc(OC)cc3)no2)nn1.CCNc1c2ccc(Cl)cc2nc2ccc(OC)cc12. The molecular formula is C35H40ClN7O3. The van der Waals surface area contributed by atoms with E-state index < -0.39 is 0 Å². The van der Waals surface area contributed by atoms with E-state index in [2.05, 4.69) is 44.5 Å². The molecule has 3 aromatic heterocycles. The fourth-order valence-electron chi connectivity index (χ4n) is 4.67. The first-order chi connectivity index (χ1) is 22.4. The van der Waals surface area contributed by atoms with Crippen molar-refractivity contribution in [2.24, 2.45) is 0 Å². The maximum atomic E-state index is 6.07. The smallest absolute Gasteiger partial charge is 0.278 e. The van der Waals surface area contributed by atoms with Gasteiger partial charge in [-0.1, -0.05) is 37.5 Å². The summed E-state index contributed by atoms with van der Waals surface area (Å²) < 4.78 is 15.8. The van der Waals surface area contributed by atoms with Crippen LogP contribution >= 0.6 is 11.6 Å². The van der Waals surface area contributed by atoms with Crippen molar-refractivity contribution in [2.75, 3.05) is 44.6 Å². The van der Waals surface area contributed by atoms with Gasteiger partial charge in [0, 0.05) is 41.5 Å². The van der Waals surface area contributed by atoms with E-state index in [-0.39, 0.29) is 0 Å². The molecule has 0 fully saturated rings. The molecule has 0 bridgehead atoms. The average Bonchev–Trinajstić information content (AvgIpc) is 3.60. The molecule has 1 N–H and O–H groups in total. The number of ether oxygens (including phenoxy) is 2. The van der Waals surface area contributed by atoms with E-state index in [1.54, 1.807) is 14.2 Å². The zero-order valence-corrected chi connectivity index (χ0v) is 28.1.